The zero-order chi connectivity index (χ0) is 11.6. The van der Waals surface area contributed by atoms with Gasteiger partial charge in [-0.2, -0.15) is 0 Å². The fourth-order valence-corrected chi connectivity index (χ4v) is 1.45. The van der Waals surface area contributed by atoms with E-state index in [4.69, 9.17) is 5.84 Å². The number of imide groups is 1. The van der Waals surface area contributed by atoms with Gasteiger partial charge in [-0.1, -0.05) is 13.8 Å². The SMILES string of the molecule is CC.NN1C(=O)c2ccc(S)cc2C1=O. The molecule has 0 saturated heterocycles. The highest BCUT2D eigenvalue weighted by atomic mass is 32.1. The third kappa shape index (κ3) is 1.88. The van der Waals surface area contributed by atoms with Crippen LogP contribution in [0.1, 0.15) is 34.6 Å². The first-order valence-corrected chi connectivity index (χ1v) is 5.02. The number of nitrogens with two attached hydrogens (primary N) is 1. The van der Waals surface area contributed by atoms with Crippen LogP contribution in [0.25, 0.3) is 0 Å². The molecule has 1 aromatic rings. The number of thiol groups is 1. The van der Waals surface area contributed by atoms with E-state index in [9.17, 15) is 9.59 Å². The zero-order valence-corrected chi connectivity index (χ0v) is 9.41. The minimum Gasteiger partial charge on any atom is -0.267 e. The van der Waals surface area contributed by atoms with Crippen molar-refractivity contribution in [2.75, 3.05) is 0 Å². The average molecular weight is 224 g/mol. The summed E-state index contributed by atoms with van der Waals surface area (Å²) >= 11 is 4.06. The first-order valence-electron chi connectivity index (χ1n) is 4.58. The van der Waals surface area contributed by atoms with Crippen LogP contribution >= 0.6 is 12.6 Å². The Bertz CT molecular complexity index is 418. The number of hydrogen-bond donors (Lipinski definition) is 2. The Morgan fingerprint density at radius 3 is 2.27 bits per heavy atom. The summed E-state index contributed by atoms with van der Waals surface area (Å²) in [6, 6.07) is 4.72. The number of hydrazine groups is 1. The van der Waals surface area contributed by atoms with Crippen molar-refractivity contribution in [2.24, 2.45) is 5.84 Å². The Hall–Kier alpha value is -1.33. The maximum absolute atomic E-state index is 11.3. The van der Waals surface area contributed by atoms with E-state index in [0.29, 0.717) is 21.0 Å². The van der Waals surface area contributed by atoms with E-state index < -0.39 is 11.8 Å². The summed E-state index contributed by atoms with van der Waals surface area (Å²) < 4.78 is 0. The third-order valence-corrected chi connectivity index (χ3v) is 2.18. The van der Waals surface area contributed by atoms with Gasteiger partial charge in [0.1, 0.15) is 0 Å². The first-order chi connectivity index (χ1) is 7.11. The lowest BCUT2D eigenvalue weighted by Gasteiger charge is -2.01. The molecule has 2 rings (SSSR count). The fourth-order valence-electron chi connectivity index (χ4n) is 1.25. The molecule has 1 aliphatic heterocycles. The monoisotopic (exact) mass is 224 g/mol. The van der Waals surface area contributed by atoms with E-state index in [-0.39, 0.29) is 0 Å². The second-order valence-electron chi connectivity index (χ2n) is 2.71. The summed E-state index contributed by atoms with van der Waals surface area (Å²) in [6.07, 6.45) is 0. The molecule has 4 nitrogen and oxygen atoms in total. The summed E-state index contributed by atoms with van der Waals surface area (Å²) in [5.74, 6) is 4.29. The van der Waals surface area contributed by atoms with Crippen molar-refractivity contribution in [2.45, 2.75) is 18.7 Å². The van der Waals surface area contributed by atoms with Crippen molar-refractivity contribution < 1.29 is 9.59 Å². The van der Waals surface area contributed by atoms with Crippen LogP contribution in [0.5, 0.6) is 0 Å². The van der Waals surface area contributed by atoms with Crippen LogP contribution in [-0.4, -0.2) is 16.8 Å². The van der Waals surface area contributed by atoms with E-state index >= 15 is 0 Å². The normalized spacial score (nSPS) is 13.5. The van der Waals surface area contributed by atoms with Gasteiger partial charge >= 0.3 is 0 Å². The molecule has 0 atom stereocenters. The van der Waals surface area contributed by atoms with Gasteiger partial charge < -0.3 is 0 Å². The van der Waals surface area contributed by atoms with Crippen LogP contribution in [-0.2, 0) is 0 Å². The number of carbonyl (C=O) groups is 2. The van der Waals surface area contributed by atoms with E-state index in [1.165, 1.54) is 6.07 Å². The lowest BCUT2D eigenvalue weighted by molar-refractivity contribution is 0.0654. The molecule has 15 heavy (non-hydrogen) atoms. The largest absolute Gasteiger partial charge is 0.275 e. The van der Waals surface area contributed by atoms with Crippen molar-refractivity contribution in [3.8, 4) is 0 Å². The Morgan fingerprint density at radius 2 is 1.67 bits per heavy atom. The zero-order valence-electron chi connectivity index (χ0n) is 8.52. The molecule has 0 unspecified atom stereocenters. The van der Waals surface area contributed by atoms with Crippen LogP contribution in [0.15, 0.2) is 23.1 Å². The minimum atomic E-state index is -0.476. The molecule has 0 fully saturated rings. The van der Waals surface area contributed by atoms with Crippen LogP contribution in [0.4, 0.5) is 0 Å². The lowest BCUT2D eigenvalue weighted by atomic mass is 10.1. The topological polar surface area (TPSA) is 63.4 Å². The number of hydrogen-bond acceptors (Lipinski definition) is 4. The highest BCUT2D eigenvalue weighted by Crippen LogP contribution is 2.22. The van der Waals surface area contributed by atoms with Gasteiger partial charge in [0, 0.05) is 4.90 Å². The molecule has 1 heterocycles. The lowest BCUT2D eigenvalue weighted by Crippen LogP contribution is -2.36. The van der Waals surface area contributed by atoms with Crippen molar-refractivity contribution in [1.82, 2.24) is 5.01 Å². The molecule has 2 amide bonds. The second kappa shape index (κ2) is 4.46. The average Bonchev–Trinajstić information content (AvgIpc) is 2.47. The van der Waals surface area contributed by atoms with Gasteiger partial charge in [-0.25, -0.2) is 10.9 Å². The van der Waals surface area contributed by atoms with Gasteiger partial charge in [-0.3, -0.25) is 9.59 Å². The predicted molar refractivity (Wildman–Crippen MR) is 59.7 cm³/mol. The molecule has 5 heteroatoms. The van der Waals surface area contributed by atoms with Crippen molar-refractivity contribution >= 4 is 24.4 Å². The van der Waals surface area contributed by atoms with E-state index in [2.05, 4.69) is 12.6 Å². The van der Waals surface area contributed by atoms with E-state index in [1.807, 2.05) is 13.8 Å². The molecule has 0 aromatic heterocycles. The Balaban J connectivity index is 0.000000531. The predicted octanol–water partition coefficient (Wildman–Crippen LogP) is 1.47. The summed E-state index contributed by atoms with van der Waals surface area (Å²) in [6.45, 7) is 4.00. The summed E-state index contributed by atoms with van der Waals surface area (Å²) in [5, 5.41) is 0.609. The molecular formula is C10H12N2O2S. The number of amides is 2. The number of carbonyl (C=O) groups excluding carboxylic acids is 2. The molecular weight excluding hydrogens is 212 g/mol. The molecule has 1 aliphatic rings. The highest BCUT2D eigenvalue weighted by Gasteiger charge is 2.33. The van der Waals surface area contributed by atoms with E-state index in [1.54, 1.807) is 12.1 Å². The summed E-state index contributed by atoms with van der Waals surface area (Å²) in [7, 11) is 0. The van der Waals surface area contributed by atoms with Crippen LogP contribution in [0.2, 0.25) is 0 Å². The number of benzene rings is 1. The second-order valence-corrected chi connectivity index (χ2v) is 3.23. The van der Waals surface area contributed by atoms with Gasteiger partial charge in [0.25, 0.3) is 11.8 Å². The fraction of sp³-hybridized carbons (Fsp3) is 0.200. The van der Waals surface area contributed by atoms with Gasteiger partial charge in [0.15, 0.2) is 0 Å². The highest BCUT2D eigenvalue weighted by molar-refractivity contribution is 7.80. The Labute approximate surface area is 93.4 Å². The molecule has 0 radical (unpaired) electrons. The van der Waals surface area contributed by atoms with Crippen LogP contribution in [0.3, 0.4) is 0 Å². The molecule has 2 N–H and O–H groups in total. The van der Waals surface area contributed by atoms with Gasteiger partial charge in [-0.05, 0) is 18.2 Å². The molecule has 0 spiro atoms. The van der Waals surface area contributed by atoms with E-state index in [0.717, 1.165) is 0 Å². The van der Waals surface area contributed by atoms with Crippen molar-refractivity contribution in [3.63, 3.8) is 0 Å². The molecule has 0 aliphatic carbocycles. The minimum absolute atomic E-state index is 0.319. The summed E-state index contributed by atoms with van der Waals surface area (Å²) in [5.41, 5.74) is 0.658. The third-order valence-electron chi connectivity index (χ3n) is 1.90. The molecule has 0 bridgehead atoms. The standard InChI is InChI=1S/C8H6N2O2S.C2H6/c9-10-7(11)5-2-1-4(13)3-6(5)8(10)12;1-2/h1-3,13H,9H2;1-2H3. The van der Waals surface area contributed by atoms with Crippen molar-refractivity contribution in [3.05, 3.63) is 29.3 Å². The van der Waals surface area contributed by atoms with Gasteiger partial charge in [0.05, 0.1) is 11.1 Å². The Kier molecular flexibility index (Phi) is 3.49. The smallest absolute Gasteiger partial charge is 0.267 e. The van der Waals surface area contributed by atoms with Crippen LogP contribution < -0.4 is 5.84 Å². The molecule has 80 valence electrons. The van der Waals surface area contributed by atoms with Crippen molar-refractivity contribution in [1.29, 1.82) is 0 Å². The van der Waals surface area contributed by atoms with Gasteiger partial charge in [0.2, 0.25) is 0 Å². The van der Waals surface area contributed by atoms with Gasteiger partial charge in [-0.15, -0.1) is 12.6 Å². The maximum atomic E-state index is 11.3. The first kappa shape index (κ1) is 11.7. The van der Waals surface area contributed by atoms with Crippen LogP contribution in [0, 0.1) is 0 Å². The molecule has 1 aromatic carbocycles. The summed E-state index contributed by atoms with van der Waals surface area (Å²) in [4.78, 5) is 23.2. The molecule has 0 saturated carbocycles. The maximum Gasteiger partial charge on any atom is 0.275 e. The quantitative estimate of drug-likeness (QED) is 0.303. The number of fused-ring (bicyclic) bond motifs is 1. The number of nitrogens with zero attached hydrogens (tertiary/aromatic N) is 1. The Morgan fingerprint density at radius 1 is 1.13 bits per heavy atom. The number of rotatable bonds is 0.